The molecular weight excluding hydrogens is 465 g/mol. The first kappa shape index (κ1) is 25.4. The Balaban J connectivity index is 1.62. The maximum Gasteiger partial charge on any atom is 0.416 e. The summed E-state index contributed by atoms with van der Waals surface area (Å²) < 4.78 is 38.2. The zero-order chi connectivity index (χ0) is 24.9. The highest BCUT2D eigenvalue weighted by atomic mass is 32.1. The van der Waals surface area contributed by atoms with E-state index in [1.165, 1.54) is 12.1 Å². The van der Waals surface area contributed by atoms with Gasteiger partial charge in [-0.3, -0.25) is 9.59 Å². The van der Waals surface area contributed by atoms with Gasteiger partial charge < -0.3 is 10.2 Å². The van der Waals surface area contributed by atoms with Gasteiger partial charge in [0.2, 0.25) is 11.0 Å². The second-order valence-corrected chi connectivity index (χ2v) is 9.22. The zero-order valence-corrected chi connectivity index (χ0v) is 19.8. The maximum absolute atomic E-state index is 13.0. The number of carbonyl (C=O) groups is 2. The molecule has 1 heterocycles. The number of aryl methyl sites for hydroxylation is 1. The normalized spacial score (nSPS) is 11.5. The smallest absolute Gasteiger partial charge is 0.338 e. The van der Waals surface area contributed by atoms with E-state index >= 15 is 0 Å². The molecular formula is C24H25F3N4O2S. The van der Waals surface area contributed by atoms with Gasteiger partial charge in [0.15, 0.2) is 0 Å². The minimum Gasteiger partial charge on any atom is -0.338 e. The van der Waals surface area contributed by atoms with Gasteiger partial charge in [0.05, 0.1) is 5.56 Å². The van der Waals surface area contributed by atoms with Crippen molar-refractivity contribution in [3.05, 3.63) is 65.2 Å². The summed E-state index contributed by atoms with van der Waals surface area (Å²) in [5.74, 6) is -0.230. The van der Waals surface area contributed by atoms with Crippen LogP contribution in [0.3, 0.4) is 0 Å². The van der Waals surface area contributed by atoms with Gasteiger partial charge >= 0.3 is 6.18 Å². The molecule has 1 N–H and O–H groups in total. The molecule has 0 unspecified atom stereocenters. The third-order valence-electron chi connectivity index (χ3n) is 4.99. The van der Waals surface area contributed by atoms with Crippen molar-refractivity contribution in [3.8, 4) is 10.6 Å². The number of hydrogen-bond acceptors (Lipinski definition) is 5. The fraction of sp³-hybridized carbons (Fsp3) is 0.333. The van der Waals surface area contributed by atoms with Crippen LogP contribution in [0.25, 0.3) is 10.6 Å². The van der Waals surface area contributed by atoms with Gasteiger partial charge in [-0.2, -0.15) is 13.2 Å². The molecule has 0 fully saturated rings. The van der Waals surface area contributed by atoms with E-state index in [0.29, 0.717) is 22.7 Å². The molecule has 6 nitrogen and oxygen atoms in total. The first-order valence-electron chi connectivity index (χ1n) is 10.7. The number of aromatic nitrogens is 2. The van der Waals surface area contributed by atoms with E-state index in [-0.39, 0.29) is 35.8 Å². The number of rotatable bonds is 8. The van der Waals surface area contributed by atoms with E-state index in [2.05, 4.69) is 15.5 Å². The van der Waals surface area contributed by atoms with Gasteiger partial charge in [-0.25, -0.2) is 0 Å². The average Bonchev–Trinajstić information content (AvgIpc) is 3.24. The Hall–Kier alpha value is -3.27. The van der Waals surface area contributed by atoms with E-state index in [0.717, 1.165) is 29.0 Å². The summed E-state index contributed by atoms with van der Waals surface area (Å²) in [5.41, 5.74) is 1.20. The number of carbonyl (C=O) groups excluding carboxylic acids is 2. The summed E-state index contributed by atoms with van der Waals surface area (Å²) in [7, 11) is 0. The molecule has 0 aliphatic carbocycles. The molecule has 0 aliphatic rings. The summed E-state index contributed by atoms with van der Waals surface area (Å²) in [4.78, 5) is 27.2. The highest BCUT2D eigenvalue weighted by Crippen LogP contribution is 2.32. The van der Waals surface area contributed by atoms with Gasteiger partial charge in [-0.15, -0.1) is 10.2 Å². The quantitative estimate of drug-likeness (QED) is 0.442. The Kier molecular flexibility index (Phi) is 8.03. The Morgan fingerprint density at radius 2 is 1.74 bits per heavy atom. The Morgan fingerprint density at radius 1 is 1.06 bits per heavy atom. The fourth-order valence-electron chi connectivity index (χ4n) is 3.31. The summed E-state index contributed by atoms with van der Waals surface area (Å²) in [6.45, 7) is 6.63. The Labute approximate surface area is 199 Å². The first-order valence-corrected chi connectivity index (χ1v) is 11.5. The van der Waals surface area contributed by atoms with Gasteiger partial charge in [-0.05, 0) is 36.6 Å². The highest BCUT2D eigenvalue weighted by Gasteiger charge is 2.30. The molecule has 0 aliphatic heterocycles. The van der Waals surface area contributed by atoms with Crippen LogP contribution in [0.4, 0.5) is 18.3 Å². The number of nitrogens with one attached hydrogen (secondary N) is 1. The van der Waals surface area contributed by atoms with E-state index in [1.807, 2.05) is 39.0 Å². The summed E-state index contributed by atoms with van der Waals surface area (Å²) in [6.07, 6.45) is -4.34. The third kappa shape index (κ3) is 6.63. The third-order valence-corrected chi connectivity index (χ3v) is 5.88. The maximum atomic E-state index is 13.0. The summed E-state index contributed by atoms with van der Waals surface area (Å²) in [6, 6.07) is 11.9. The van der Waals surface area contributed by atoms with Crippen LogP contribution in [0.1, 0.15) is 41.8 Å². The van der Waals surface area contributed by atoms with Crippen molar-refractivity contribution in [1.29, 1.82) is 0 Å². The molecule has 0 atom stereocenters. The average molecular weight is 491 g/mol. The van der Waals surface area contributed by atoms with Crippen LogP contribution in [0.2, 0.25) is 0 Å². The largest absolute Gasteiger partial charge is 0.416 e. The number of anilines is 1. The van der Waals surface area contributed by atoms with E-state index < -0.39 is 11.7 Å². The molecule has 1 aromatic heterocycles. The molecule has 34 heavy (non-hydrogen) atoms. The molecule has 180 valence electrons. The van der Waals surface area contributed by atoms with Crippen molar-refractivity contribution in [2.45, 2.75) is 33.4 Å². The molecule has 0 radical (unpaired) electrons. The molecule has 0 bridgehead atoms. The number of amides is 2. The lowest BCUT2D eigenvalue weighted by molar-refractivity contribution is -0.137. The molecule has 2 aromatic carbocycles. The first-order chi connectivity index (χ1) is 16.0. The predicted octanol–water partition coefficient (Wildman–Crippen LogP) is 5.66. The molecule has 3 rings (SSSR count). The lowest BCUT2D eigenvalue weighted by Crippen LogP contribution is -2.37. The molecule has 0 saturated heterocycles. The van der Waals surface area contributed by atoms with Crippen molar-refractivity contribution in [2.75, 3.05) is 18.4 Å². The van der Waals surface area contributed by atoms with Crippen LogP contribution in [-0.2, 0) is 11.0 Å². The van der Waals surface area contributed by atoms with Crippen molar-refractivity contribution < 1.29 is 22.8 Å². The lowest BCUT2D eigenvalue weighted by Gasteiger charge is -2.25. The minimum atomic E-state index is -4.41. The van der Waals surface area contributed by atoms with Crippen molar-refractivity contribution in [1.82, 2.24) is 15.1 Å². The monoisotopic (exact) mass is 490 g/mol. The molecule has 2 amide bonds. The summed E-state index contributed by atoms with van der Waals surface area (Å²) >= 11 is 1.06. The van der Waals surface area contributed by atoms with E-state index in [1.54, 1.807) is 11.0 Å². The topological polar surface area (TPSA) is 75.2 Å². The van der Waals surface area contributed by atoms with Crippen LogP contribution >= 0.6 is 11.3 Å². The van der Waals surface area contributed by atoms with E-state index in [4.69, 9.17) is 0 Å². The van der Waals surface area contributed by atoms with Crippen molar-refractivity contribution >= 4 is 28.3 Å². The van der Waals surface area contributed by atoms with Gasteiger partial charge in [-0.1, -0.05) is 55.5 Å². The van der Waals surface area contributed by atoms with Crippen LogP contribution in [0.15, 0.2) is 48.5 Å². The zero-order valence-electron chi connectivity index (χ0n) is 19.0. The summed E-state index contributed by atoms with van der Waals surface area (Å²) in [5, 5.41) is 11.1. The number of alkyl halides is 3. The van der Waals surface area contributed by atoms with Crippen molar-refractivity contribution in [3.63, 3.8) is 0 Å². The predicted molar refractivity (Wildman–Crippen MR) is 126 cm³/mol. The standard InChI is InChI=1S/C24H25F3N4O2S/c1-15(2)14-31(22(33)19-7-5-4-6-16(19)3)13-12-20(32)28-23-30-29-21(34-23)17-8-10-18(11-9-17)24(25,26)27/h4-11,15H,12-14H2,1-3H3,(H,28,30,32). The number of halogens is 3. The van der Waals surface area contributed by atoms with Crippen LogP contribution in [0.5, 0.6) is 0 Å². The second-order valence-electron chi connectivity index (χ2n) is 8.25. The Bertz CT molecular complexity index is 1140. The van der Waals surface area contributed by atoms with Gasteiger partial charge in [0, 0.05) is 30.6 Å². The van der Waals surface area contributed by atoms with Crippen LogP contribution in [-0.4, -0.2) is 40.0 Å². The Morgan fingerprint density at radius 3 is 2.35 bits per heavy atom. The van der Waals surface area contributed by atoms with E-state index in [9.17, 15) is 22.8 Å². The number of nitrogens with zero attached hydrogens (tertiary/aromatic N) is 3. The van der Waals surface area contributed by atoms with Crippen molar-refractivity contribution in [2.24, 2.45) is 5.92 Å². The van der Waals surface area contributed by atoms with Gasteiger partial charge in [0.25, 0.3) is 5.91 Å². The molecule has 0 spiro atoms. The lowest BCUT2D eigenvalue weighted by atomic mass is 10.1. The fourth-order valence-corrected chi connectivity index (χ4v) is 4.08. The molecule has 10 heteroatoms. The van der Waals surface area contributed by atoms with Crippen LogP contribution < -0.4 is 5.32 Å². The SMILES string of the molecule is Cc1ccccc1C(=O)N(CCC(=O)Nc1nnc(-c2ccc(C(F)(F)F)cc2)s1)CC(C)C. The van der Waals surface area contributed by atoms with Gasteiger partial charge in [0.1, 0.15) is 5.01 Å². The second kappa shape index (κ2) is 10.8. The minimum absolute atomic E-state index is 0.0690. The number of hydrogen-bond donors (Lipinski definition) is 1. The highest BCUT2D eigenvalue weighted by molar-refractivity contribution is 7.18. The molecule has 0 saturated carbocycles. The molecule has 3 aromatic rings. The number of benzene rings is 2. The van der Waals surface area contributed by atoms with Crippen LogP contribution in [0, 0.1) is 12.8 Å².